The third-order valence-corrected chi connectivity index (χ3v) is 3.10. The summed E-state index contributed by atoms with van der Waals surface area (Å²) >= 11 is 0. The molecule has 4 nitrogen and oxygen atoms in total. The molecule has 2 unspecified atom stereocenters. The van der Waals surface area contributed by atoms with Gasteiger partial charge < -0.3 is 9.52 Å². The van der Waals surface area contributed by atoms with Crippen molar-refractivity contribution in [2.45, 2.75) is 19.3 Å². The summed E-state index contributed by atoms with van der Waals surface area (Å²) in [4.78, 5) is 14.7. The highest BCUT2D eigenvalue weighted by molar-refractivity contribution is 5.88. The first-order valence-electron chi connectivity index (χ1n) is 5.29. The van der Waals surface area contributed by atoms with E-state index in [1.54, 1.807) is 6.07 Å². The molecule has 2 aromatic rings. The first-order valence-corrected chi connectivity index (χ1v) is 5.29. The van der Waals surface area contributed by atoms with Crippen molar-refractivity contribution in [3.05, 3.63) is 29.7 Å². The van der Waals surface area contributed by atoms with Crippen LogP contribution in [0.2, 0.25) is 0 Å². The molecule has 16 heavy (non-hydrogen) atoms. The molecule has 82 valence electrons. The number of aromatic nitrogens is 1. The molecule has 0 amide bonds. The van der Waals surface area contributed by atoms with Crippen LogP contribution in [0.25, 0.3) is 11.1 Å². The lowest BCUT2D eigenvalue weighted by atomic mass is 10.2. The Bertz CT molecular complexity index is 573. The third-order valence-electron chi connectivity index (χ3n) is 3.10. The molecule has 0 aliphatic heterocycles. The van der Waals surface area contributed by atoms with Crippen molar-refractivity contribution in [3.8, 4) is 0 Å². The van der Waals surface area contributed by atoms with Crippen molar-refractivity contribution in [1.82, 2.24) is 4.98 Å². The molecule has 0 spiro atoms. The van der Waals surface area contributed by atoms with Crippen molar-refractivity contribution in [1.29, 1.82) is 0 Å². The quantitative estimate of drug-likeness (QED) is 0.839. The van der Waals surface area contributed by atoms with Crippen molar-refractivity contribution in [3.63, 3.8) is 0 Å². The van der Waals surface area contributed by atoms with Crippen LogP contribution in [0.5, 0.6) is 0 Å². The Hall–Kier alpha value is -1.84. The Balaban J connectivity index is 2.07. The lowest BCUT2D eigenvalue weighted by Crippen LogP contribution is -1.98. The van der Waals surface area contributed by atoms with Gasteiger partial charge in [-0.25, -0.2) is 9.78 Å². The Morgan fingerprint density at radius 3 is 2.94 bits per heavy atom. The van der Waals surface area contributed by atoms with E-state index in [4.69, 9.17) is 9.52 Å². The Morgan fingerprint density at radius 2 is 2.31 bits per heavy atom. The molecular formula is C12H11NO3. The summed E-state index contributed by atoms with van der Waals surface area (Å²) in [6, 6.07) is 5.20. The van der Waals surface area contributed by atoms with Crippen molar-refractivity contribution >= 4 is 17.1 Å². The summed E-state index contributed by atoms with van der Waals surface area (Å²) in [5.41, 5.74) is 0.450. The van der Waals surface area contributed by atoms with E-state index in [9.17, 15) is 4.79 Å². The van der Waals surface area contributed by atoms with Gasteiger partial charge in [0.05, 0.1) is 0 Å². The number of fused-ring (bicyclic) bond motifs is 1. The fourth-order valence-electron chi connectivity index (χ4n) is 1.96. The van der Waals surface area contributed by atoms with Crippen LogP contribution in [-0.4, -0.2) is 16.1 Å². The van der Waals surface area contributed by atoms with E-state index in [2.05, 4.69) is 11.9 Å². The largest absolute Gasteiger partial charge is 0.477 e. The molecule has 1 aliphatic rings. The fraction of sp³-hybridized carbons (Fsp3) is 0.333. The van der Waals surface area contributed by atoms with E-state index < -0.39 is 5.97 Å². The second kappa shape index (κ2) is 3.07. The molecule has 3 rings (SSSR count). The Labute approximate surface area is 91.9 Å². The molecule has 1 N–H and O–H groups in total. The van der Waals surface area contributed by atoms with E-state index in [1.165, 1.54) is 6.07 Å². The van der Waals surface area contributed by atoms with Crippen LogP contribution in [0, 0.1) is 5.92 Å². The topological polar surface area (TPSA) is 63.3 Å². The monoisotopic (exact) mass is 217 g/mol. The minimum Gasteiger partial charge on any atom is -0.477 e. The highest BCUT2D eigenvalue weighted by atomic mass is 16.4. The van der Waals surface area contributed by atoms with Gasteiger partial charge in [0.25, 0.3) is 0 Å². The number of carboxylic acid groups (broad SMARTS) is 1. The minimum atomic E-state index is -1.03. The van der Waals surface area contributed by atoms with Crippen LogP contribution in [-0.2, 0) is 0 Å². The summed E-state index contributed by atoms with van der Waals surface area (Å²) in [6.07, 6.45) is 1.14. The molecule has 1 fully saturated rings. The predicted molar refractivity (Wildman–Crippen MR) is 57.5 cm³/mol. The van der Waals surface area contributed by atoms with Crippen molar-refractivity contribution in [2.75, 3.05) is 0 Å². The lowest BCUT2D eigenvalue weighted by molar-refractivity contribution is 0.0690. The molecule has 1 aliphatic carbocycles. The SMILES string of the molecule is CC1CC1c1cc2ccc(C(=O)O)nc2o1. The predicted octanol–water partition coefficient (Wildman–Crippen LogP) is 2.65. The van der Waals surface area contributed by atoms with E-state index in [1.807, 2.05) is 6.07 Å². The lowest BCUT2D eigenvalue weighted by Gasteiger charge is -1.91. The molecule has 4 heteroatoms. The zero-order valence-electron chi connectivity index (χ0n) is 8.80. The second-order valence-electron chi connectivity index (χ2n) is 4.36. The van der Waals surface area contributed by atoms with Crippen LogP contribution < -0.4 is 0 Å². The maximum Gasteiger partial charge on any atom is 0.354 e. The number of nitrogens with zero attached hydrogens (tertiary/aromatic N) is 1. The van der Waals surface area contributed by atoms with E-state index in [0.29, 0.717) is 17.5 Å². The number of aromatic carboxylic acids is 1. The molecule has 0 aromatic carbocycles. The molecule has 1 saturated carbocycles. The van der Waals surface area contributed by atoms with E-state index in [0.717, 1.165) is 17.6 Å². The maximum absolute atomic E-state index is 10.7. The zero-order chi connectivity index (χ0) is 11.3. The molecule has 2 aromatic heterocycles. The van der Waals surface area contributed by atoms with Gasteiger partial charge in [0, 0.05) is 11.3 Å². The first kappa shape index (κ1) is 9.39. The van der Waals surface area contributed by atoms with Gasteiger partial charge in [-0.05, 0) is 30.5 Å². The number of hydrogen-bond donors (Lipinski definition) is 1. The number of rotatable bonds is 2. The molecule has 0 bridgehead atoms. The molecule has 0 radical (unpaired) electrons. The van der Waals surface area contributed by atoms with Gasteiger partial charge >= 0.3 is 5.97 Å². The molecule has 2 atom stereocenters. The van der Waals surface area contributed by atoms with Gasteiger partial charge in [-0.15, -0.1) is 0 Å². The number of hydrogen-bond acceptors (Lipinski definition) is 3. The summed E-state index contributed by atoms with van der Waals surface area (Å²) in [5.74, 6) is 1.05. The number of carbonyl (C=O) groups is 1. The van der Waals surface area contributed by atoms with Crippen LogP contribution in [0.4, 0.5) is 0 Å². The normalized spacial score (nSPS) is 23.6. The third kappa shape index (κ3) is 1.38. The van der Waals surface area contributed by atoms with Crippen LogP contribution >= 0.6 is 0 Å². The highest BCUT2D eigenvalue weighted by Gasteiger charge is 2.36. The Morgan fingerprint density at radius 1 is 1.56 bits per heavy atom. The average Bonchev–Trinajstić information content (AvgIpc) is 2.84. The molecular weight excluding hydrogens is 206 g/mol. The Kier molecular flexibility index (Phi) is 1.80. The molecule has 2 heterocycles. The number of pyridine rings is 1. The van der Waals surface area contributed by atoms with Gasteiger partial charge in [-0.1, -0.05) is 6.92 Å². The van der Waals surface area contributed by atoms with Crippen molar-refractivity contribution < 1.29 is 14.3 Å². The smallest absolute Gasteiger partial charge is 0.354 e. The summed E-state index contributed by atoms with van der Waals surface area (Å²) in [7, 11) is 0. The first-order chi connectivity index (χ1) is 7.65. The van der Waals surface area contributed by atoms with E-state index >= 15 is 0 Å². The maximum atomic E-state index is 10.7. The minimum absolute atomic E-state index is 0.0252. The number of carboxylic acids is 1. The summed E-state index contributed by atoms with van der Waals surface area (Å²) < 4.78 is 5.58. The van der Waals surface area contributed by atoms with Crippen LogP contribution in [0.1, 0.15) is 35.5 Å². The van der Waals surface area contributed by atoms with Gasteiger partial charge in [0.15, 0.2) is 5.69 Å². The second-order valence-corrected chi connectivity index (χ2v) is 4.36. The van der Waals surface area contributed by atoms with Crippen LogP contribution in [0.3, 0.4) is 0 Å². The van der Waals surface area contributed by atoms with Crippen LogP contribution in [0.15, 0.2) is 22.6 Å². The highest BCUT2D eigenvalue weighted by Crippen LogP contribution is 2.48. The standard InChI is InChI=1S/C12H11NO3/c1-6-4-8(6)10-5-7-2-3-9(12(14)15)13-11(7)16-10/h2-3,5-6,8H,4H2,1H3,(H,14,15). The van der Waals surface area contributed by atoms with Gasteiger partial charge in [0.2, 0.25) is 5.71 Å². The van der Waals surface area contributed by atoms with Crippen molar-refractivity contribution in [2.24, 2.45) is 5.92 Å². The van der Waals surface area contributed by atoms with Gasteiger partial charge in [-0.2, -0.15) is 0 Å². The average molecular weight is 217 g/mol. The number of furan rings is 1. The summed E-state index contributed by atoms with van der Waals surface area (Å²) in [5, 5.41) is 9.68. The van der Waals surface area contributed by atoms with Gasteiger partial charge in [-0.3, -0.25) is 0 Å². The van der Waals surface area contributed by atoms with E-state index in [-0.39, 0.29) is 5.69 Å². The van der Waals surface area contributed by atoms with Gasteiger partial charge in [0.1, 0.15) is 5.76 Å². The zero-order valence-corrected chi connectivity index (χ0v) is 8.80. The fourth-order valence-corrected chi connectivity index (χ4v) is 1.96. The molecule has 0 saturated heterocycles. The summed E-state index contributed by atoms with van der Waals surface area (Å²) in [6.45, 7) is 2.17.